The molecule has 0 spiro atoms. The Bertz CT molecular complexity index is 341. The van der Waals surface area contributed by atoms with Gasteiger partial charge >= 0.3 is 0 Å². The third-order valence-electron chi connectivity index (χ3n) is 2.09. The van der Waals surface area contributed by atoms with Gasteiger partial charge in [-0.15, -0.1) is 6.58 Å². The van der Waals surface area contributed by atoms with Crippen molar-refractivity contribution in [2.24, 2.45) is 0 Å². The fraction of sp³-hybridized carbons (Fsp3) is 0.417. The van der Waals surface area contributed by atoms with Crippen LogP contribution < -0.4 is 4.90 Å². The van der Waals surface area contributed by atoms with E-state index in [4.69, 9.17) is 4.42 Å². The highest BCUT2D eigenvalue weighted by Crippen LogP contribution is 2.19. The van der Waals surface area contributed by atoms with Gasteiger partial charge in [-0.3, -0.25) is 4.79 Å². The van der Waals surface area contributed by atoms with Crippen LogP contribution in [0.1, 0.15) is 30.8 Å². The van der Waals surface area contributed by atoms with Crippen molar-refractivity contribution in [2.75, 3.05) is 18.0 Å². The molecule has 0 saturated heterocycles. The van der Waals surface area contributed by atoms with E-state index in [2.05, 4.69) is 18.4 Å². The lowest BCUT2D eigenvalue weighted by atomic mass is 10.3. The third-order valence-corrected chi connectivity index (χ3v) is 2.09. The molecule has 0 radical (unpaired) electrons. The maximum atomic E-state index is 11.1. The first kappa shape index (κ1) is 11.6. The van der Waals surface area contributed by atoms with Gasteiger partial charge in [0, 0.05) is 26.1 Å². The molecule has 3 heteroatoms. The van der Waals surface area contributed by atoms with E-state index in [1.165, 1.54) is 6.92 Å². The molecule has 1 heterocycles. The standard InChI is InChI=1S/C12H17NO2/c1-4-8-13(9-5-2)12-7-6-11(15-12)10(3)14/h4,6-7H,1,5,8-9H2,2-3H3. The third kappa shape index (κ3) is 2.98. The number of hydrogen-bond acceptors (Lipinski definition) is 3. The number of anilines is 1. The molecule has 0 unspecified atom stereocenters. The first-order valence-electron chi connectivity index (χ1n) is 5.15. The molecule has 82 valence electrons. The van der Waals surface area contributed by atoms with Crippen LogP contribution in [0.5, 0.6) is 0 Å². The summed E-state index contributed by atoms with van der Waals surface area (Å²) in [5.74, 6) is 1.11. The van der Waals surface area contributed by atoms with Crippen molar-refractivity contribution in [3.8, 4) is 0 Å². The number of Topliss-reactive ketones (excluding diaryl/α,β-unsaturated/α-hetero) is 1. The van der Waals surface area contributed by atoms with Crippen LogP contribution in [0.4, 0.5) is 5.88 Å². The zero-order chi connectivity index (χ0) is 11.3. The Morgan fingerprint density at radius 3 is 2.80 bits per heavy atom. The summed E-state index contributed by atoms with van der Waals surface area (Å²) >= 11 is 0. The van der Waals surface area contributed by atoms with Crippen molar-refractivity contribution in [1.29, 1.82) is 0 Å². The average Bonchev–Trinajstić information content (AvgIpc) is 2.66. The molecular weight excluding hydrogens is 190 g/mol. The monoisotopic (exact) mass is 207 g/mol. The van der Waals surface area contributed by atoms with Crippen LogP contribution in [0.15, 0.2) is 29.2 Å². The van der Waals surface area contributed by atoms with Crippen molar-refractivity contribution >= 4 is 11.7 Å². The van der Waals surface area contributed by atoms with Crippen LogP contribution in [-0.4, -0.2) is 18.9 Å². The van der Waals surface area contributed by atoms with Crippen LogP contribution >= 0.6 is 0 Å². The Morgan fingerprint density at radius 2 is 2.33 bits per heavy atom. The fourth-order valence-corrected chi connectivity index (χ4v) is 1.40. The maximum absolute atomic E-state index is 11.1. The largest absolute Gasteiger partial charge is 0.437 e. The SMILES string of the molecule is C=CCN(CCC)c1ccc(C(C)=O)o1. The van der Waals surface area contributed by atoms with Crippen LogP contribution in [-0.2, 0) is 0 Å². The molecule has 1 aromatic heterocycles. The lowest BCUT2D eigenvalue weighted by Crippen LogP contribution is -2.23. The van der Waals surface area contributed by atoms with Gasteiger partial charge < -0.3 is 9.32 Å². The van der Waals surface area contributed by atoms with Gasteiger partial charge in [-0.1, -0.05) is 13.0 Å². The summed E-state index contributed by atoms with van der Waals surface area (Å²) in [7, 11) is 0. The first-order chi connectivity index (χ1) is 7.19. The molecule has 3 nitrogen and oxygen atoms in total. The molecule has 0 amide bonds. The van der Waals surface area contributed by atoms with Crippen molar-refractivity contribution in [1.82, 2.24) is 0 Å². The van der Waals surface area contributed by atoms with Crippen molar-refractivity contribution in [2.45, 2.75) is 20.3 Å². The summed E-state index contributed by atoms with van der Waals surface area (Å²) in [5, 5.41) is 0. The predicted molar refractivity (Wildman–Crippen MR) is 61.4 cm³/mol. The lowest BCUT2D eigenvalue weighted by molar-refractivity contribution is 0.0988. The minimum Gasteiger partial charge on any atom is -0.437 e. The van der Waals surface area contributed by atoms with Gasteiger partial charge in [-0.05, 0) is 12.5 Å². The highest BCUT2D eigenvalue weighted by Gasteiger charge is 2.10. The molecule has 0 saturated carbocycles. The van der Waals surface area contributed by atoms with E-state index < -0.39 is 0 Å². The van der Waals surface area contributed by atoms with E-state index in [0.29, 0.717) is 5.76 Å². The number of ketones is 1. The normalized spacial score (nSPS) is 10.0. The van der Waals surface area contributed by atoms with Gasteiger partial charge in [0.05, 0.1) is 0 Å². The Balaban J connectivity index is 2.80. The van der Waals surface area contributed by atoms with Gasteiger partial charge in [-0.2, -0.15) is 0 Å². The van der Waals surface area contributed by atoms with Gasteiger partial charge in [0.2, 0.25) is 0 Å². The van der Waals surface area contributed by atoms with Gasteiger partial charge in [-0.25, -0.2) is 0 Å². The molecule has 0 bridgehead atoms. The van der Waals surface area contributed by atoms with Gasteiger partial charge in [0.25, 0.3) is 0 Å². The number of hydrogen-bond donors (Lipinski definition) is 0. The van der Waals surface area contributed by atoms with E-state index in [1.54, 1.807) is 6.07 Å². The highest BCUT2D eigenvalue weighted by atomic mass is 16.4. The number of furan rings is 1. The van der Waals surface area contributed by atoms with Crippen LogP contribution in [0, 0.1) is 0 Å². The first-order valence-corrected chi connectivity index (χ1v) is 5.15. The molecule has 0 atom stereocenters. The molecule has 0 aromatic carbocycles. The molecule has 0 N–H and O–H groups in total. The van der Waals surface area contributed by atoms with E-state index in [9.17, 15) is 4.79 Å². The van der Waals surface area contributed by atoms with E-state index in [1.807, 2.05) is 12.1 Å². The summed E-state index contributed by atoms with van der Waals surface area (Å²) in [5.41, 5.74) is 0. The molecule has 0 aliphatic carbocycles. The summed E-state index contributed by atoms with van der Waals surface area (Å²) < 4.78 is 5.44. The number of nitrogens with zero attached hydrogens (tertiary/aromatic N) is 1. The Kier molecular flexibility index (Phi) is 4.16. The van der Waals surface area contributed by atoms with Crippen LogP contribution in [0.3, 0.4) is 0 Å². The molecule has 0 aliphatic heterocycles. The molecule has 0 aliphatic rings. The fourth-order valence-electron chi connectivity index (χ4n) is 1.40. The topological polar surface area (TPSA) is 33.5 Å². The zero-order valence-electron chi connectivity index (χ0n) is 9.32. The van der Waals surface area contributed by atoms with E-state index in [-0.39, 0.29) is 5.78 Å². The lowest BCUT2D eigenvalue weighted by Gasteiger charge is -2.18. The number of carbonyl (C=O) groups excluding carboxylic acids is 1. The van der Waals surface area contributed by atoms with E-state index >= 15 is 0 Å². The summed E-state index contributed by atoms with van der Waals surface area (Å²) in [4.78, 5) is 13.1. The van der Waals surface area contributed by atoms with E-state index in [0.717, 1.165) is 25.4 Å². The zero-order valence-corrected chi connectivity index (χ0v) is 9.32. The predicted octanol–water partition coefficient (Wildman–Crippen LogP) is 2.88. The Morgan fingerprint density at radius 1 is 1.60 bits per heavy atom. The number of carbonyl (C=O) groups is 1. The van der Waals surface area contributed by atoms with Crippen LogP contribution in [0.2, 0.25) is 0 Å². The molecular formula is C12H17NO2. The second-order valence-corrected chi connectivity index (χ2v) is 3.43. The smallest absolute Gasteiger partial charge is 0.196 e. The van der Waals surface area contributed by atoms with Gasteiger partial charge in [0.1, 0.15) is 0 Å². The maximum Gasteiger partial charge on any atom is 0.196 e. The summed E-state index contributed by atoms with van der Waals surface area (Å²) in [6.07, 6.45) is 2.86. The molecule has 1 aromatic rings. The molecule has 0 fully saturated rings. The van der Waals surface area contributed by atoms with Crippen LogP contribution in [0.25, 0.3) is 0 Å². The van der Waals surface area contributed by atoms with Crippen molar-refractivity contribution in [3.63, 3.8) is 0 Å². The molecule has 1 rings (SSSR count). The number of rotatable bonds is 6. The minimum atomic E-state index is -0.0451. The molecule has 15 heavy (non-hydrogen) atoms. The highest BCUT2D eigenvalue weighted by molar-refractivity contribution is 5.91. The Hall–Kier alpha value is -1.51. The summed E-state index contributed by atoms with van der Waals surface area (Å²) in [6.45, 7) is 8.94. The van der Waals surface area contributed by atoms with Crippen molar-refractivity contribution in [3.05, 3.63) is 30.5 Å². The Labute approximate surface area is 90.4 Å². The second-order valence-electron chi connectivity index (χ2n) is 3.43. The quantitative estimate of drug-likeness (QED) is 0.531. The van der Waals surface area contributed by atoms with Gasteiger partial charge in [0.15, 0.2) is 17.4 Å². The average molecular weight is 207 g/mol. The second kappa shape index (κ2) is 5.39. The summed E-state index contributed by atoms with van der Waals surface area (Å²) in [6, 6.07) is 3.54. The minimum absolute atomic E-state index is 0.0451. The van der Waals surface area contributed by atoms with Crippen molar-refractivity contribution < 1.29 is 9.21 Å².